The van der Waals surface area contributed by atoms with Crippen LogP contribution in [0.5, 0.6) is 5.75 Å². The molecule has 2 rings (SSSR count). The van der Waals surface area contributed by atoms with Crippen molar-refractivity contribution >= 4 is 5.65 Å². The van der Waals surface area contributed by atoms with Gasteiger partial charge in [0.15, 0.2) is 0 Å². The molecule has 0 saturated carbocycles. The lowest BCUT2D eigenvalue weighted by Gasteiger charge is -2.11. The van der Waals surface area contributed by atoms with E-state index in [-0.39, 0.29) is 5.56 Å². The van der Waals surface area contributed by atoms with Crippen LogP contribution in [0.2, 0.25) is 0 Å². The number of aryl methyl sites for hydroxylation is 2. The minimum Gasteiger partial charge on any atom is -0.484 e. The van der Waals surface area contributed by atoms with E-state index in [9.17, 15) is 4.79 Å². The number of hydrogen-bond donors (Lipinski definition) is 0. The molecule has 0 fully saturated rings. The fourth-order valence-corrected chi connectivity index (χ4v) is 1.89. The van der Waals surface area contributed by atoms with Gasteiger partial charge in [-0.15, -0.1) is 0 Å². The van der Waals surface area contributed by atoms with Gasteiger partial charge in [0.25, 0.3) is 0 Å². The third-order valence-corrected chi connectivity index (χ3v) is 2.87. The van der Waals surface area contributed by atoms with Gasteiger partial charge in [0.2, 0.25) is 5.75 Å². The van der Waals surface area contributed by atoms with E-state index in [0.717, 1.165) is 5.56 Å². The Morgan fingerprint density at radius 2 is 2.11 bits per heavy atom. The van der Waals surface area contributed by atoms with Crippen LogP contribution in [0.25, 0.3) is 5.65 Å². The zero-order valence-electron chi connectivity index (χ0n) is 11.5. The normalized spacial score (nSPS) is 10.9. The Labute approximate surface area is 111 Å². The molecular formula is C14H18N2O3. The van der Waals surface area contributed by atoms with Gasteiger partial charge in [-0.3, -0.25) is 9.20 Å². The Morgan fingerprint density at radius 1 is 1.32 bits per heavy atom. The summed E-state index contributed by atoms with van der Waals surface area (Å²) in [7, 11) is 1.60. The number of ether oxygens (including phenoxy) is 2. The summed E-state index contributed by atoms with van der Waals surface area (Å²) in [6.07, 6.45) is 2.43. The first kappa shape index (κ1) is 13.5. The molecule has 0 atom stereocenters. The number of nitrogens with zero attached hydrogens (tertiary/aromatic N) is 2. The zero-order valence-corrected chi connectivity index (χ0v) is 11.5. The molecule has 19 heavy (non-hydrogen) atoms. The van der Waals surface area contributed by atoms with Gasteiger partial charge >= 0.3 is 5.56 Å². The highest BCUT2D eigenvalue weighted by Gasteiger charge is 2.12. The van der Waals surface area contributed by atoms with Crippen LogP contribution >= 0.6 is 0 Å². The highest BCUT2D eigenvalue weighted by atomic mass is 16.5. The Morgan fingerprint density at radius 3 is 2.79 bits per heavy atom. The maximum absolute atomic E-state index is 12.4. The molecule has 0 aliphatic heterocycles. The predicted octanol–water partition coefficient (Wildman–Crippen LogP) is 1.59. The van der Waals surface area contributed by atoms with Gasteiger partial charge in [-0.2, -0.15) is 0 Å². The average Bonchev–Trinajstić information content (AvgIpc) is 2.42. The van der Waals surface area contributed by atoms with Gasteiger partial charge in [0.1, 0.15) is 12.3 Å². The second kappa shape index (κ2) is 5.84. The Balaban J connectivity index is 2.53. The first-order valence-corrected chi connectivity index (χ1v) is 6.31. The van der Waals surface area contributed by atoms with Crippen LogP contribution in [-0.2, 0) is 11.2 Å². The molecular weight excluding hydrogens is 244 g/mol. The molecule has 5 heteroatoms. The standard InChI is InChI=1S/C14H18N2O3/c1-4-11-13(19-8-7-18-3)14(17)16-9-10(2)5-6-12(16)15-11/h5-6,9H,4,7-8H2,1-3H3. The van der Waals surface area contributed by atoms with Crippen molar-refractivity contribution < 1.29 is 9.47 Å². The summed E-state index contributed by atoms with van der Waals surface area (Å²) in [5.41, 5.74) is 2.17. The molecule has 2 aromatic rings. The summed E-state index contributed by atoms with van der Waals surface area (Å²) in [6, 6.07) is 3.78. The molecule has 0 amide bonds. The molecule has 0 aliphatic carbocycles. The maximum atomic E-state index is 12.4. The van der Waals surface area contributed by atoms with Crippen LogP contribution in [0.3, 0.4) is 0 Å². The molecule has 102 valence electrons. The molecule has 0 bridgehead atoms. The van der Waals surface area contributed by atoms with E-state index in [2.05, 4.69) is 4.98 Å². The van der Waals surface area contributed by atoms with E-state index in [0.29, 0.717) is 36.7 Å². The molecule has 2 heterocycles. The minimum atomic E-state index is -0.165. The van der Waals surface area contributed by atoms with Crippen LogP contribution in [0.4, 0.5) is 0 Å². The average molecular weight is 262 g/mol. The van der Waals surface area contributed by atoms with Crippen molar-refractivity contribution in [2.45, 2.75) is 20.3 Å². The smallest absolute Gasteiger partial charge is 0.300 e. The Bertz CT molecular complexity index is 634. The van der Waals surface area contributed by atoms with E-state index < -0.39 is 0 Å². The number of aromatic nitrogens is 2. The number of pyridine rings is 1. The SMILES string of the molecule is CCc1nc2ccc(C)cn2c(=O)c1OCCOC. The zero-order chi connectivity index (χ0) is 13.8. The van der Waals surface area contributed by atoms with Gasteiger partial charge in [0.05, 0.1) is 12.3 Å². The van der Waals surface area contributed by atoms with Crippen LogP contribution in [-0.4, -0.2) is 29.7 Å². The van der Waals surface area contributed by atoms with Crippen LogP contribution in [0, 0.1) is 6.92 Å². The summed E-state index contributed by atoms with van der Waals surface area (Å²) < 4.78 is 12.0. The summed E-state index contributed by atoms with van der Waals surface area (Å²) in [5.74, 6) is 0.322. The topological polar surface area (TPSA) is 52.8 Å². The lowest BCUT2D eigenvalue weighted by molar-refractivity contribution is 0.144. The summed E-state index contributed by atoms with van der Waals surface area (Å²) in [4.78, 5) is 16.9. The fraction of sp³-hybridized carbons (Fsp3) is 0.429. The molecule has 0 aliphatic rings. The lowest BCUT2D eigenvalue weighted by Crippen LogP contribution is -2.22. The van der Waals surface area contributed by atoms with Crippen molar-refractivity contribution in [3.05, 3.63) is 39.9 Å². The van der Waals surface area contributed by atoms with Crippen molar-refractivity contribution in [3.8, 4) is 5.75 Å². The van der Waals surface area contributed by atoms with Crippen LogP contribution in [0.1, 0.15) is 18.2 Å². The summed E-state index contributed by atoms with van der Waals surface area (Å²) >= 11 is 0. The molecule has 0 spiro atoms. The Kier molecular flexibility index (Phi) is 4.16. The highest BCUT2D eigenvalue weighted by Crippen LogP contribution is 2.13. The van der Waals surface area contributed by atoms with E-state index >= 15 is 0 Å². The highest BCUT2D eigenvalue weighted by molar-refractivity contribution is 5.44. The predicted molar refractivity (Wildman–Crippen MR) is 72.9 cm³/mol. The van der Waals surface area contributed by atoms with Gasteiger partial charge in [-0.1, -0.05) is 13.0 Å². The van der Waals surface area contributed by atoms with E-state index in [1.807, 2.05) is 26.0 Å². The lowest BCUT2D eigenvalue weighted by atomic mass is 10.2. The maximum Gasteiger partial charge on any atom is 0.300 e. The molecule has 0 saturated heterocycles. The van der Waals surface area contributed by atoms with Crippen molar-refractivity contribution in [3.63, 3.8) is 0 Å². The van der Waals surface area contributed by atoms with E-state index in [1.165, 1.54) is 4.40 Å². The molecule has 0 aromatic carbocycles. The largest absolute Gasteiger partial charge is 0.484 e. The second-order valence-corrected chi connectivity index (χ2v) is 4.32. The second-order valence-electron chi connectivity index (χ2n) is 4.32. The number of hydrogen-bond acceptors (Lipinski definition) is 4. The van der Waals surface area contributed by atoms with Crippen molar-refractivity contribution in [1.82, 2.24) is 9.38 Å². The summed E-state index contributed by atoms with van der Waals surface area (Å²) in [5, 5.41) is 0. The van der Waals surface area contributed by atoms with Crippen molar-refractivity contribution in [2.75, 3.05) is 20.3 Å². The third kappa shape index (κ3) is 2.76. The molecule has 5 nitrogen and oxygen atoms in total. The quantitative estimate of drug-likeness (QED) is 0.768. The Hall–Kier alpha value is -1.88. The van der Waals surface area contributed by atoms with Gasteiger partial charge in [-0.25, -0.2) is 4.98 Å². The van der Waals surface area contributed by atoms with Gasteiger partial charge in [0, 0.05) is 13.3 Å². The third-order valence-electron chi connectivity index (χ3n) is 2.87. The molecule has 0 unspecified atom stereocenters. The summed E-state index contributed by atoms with van der Waals surface area (Å²) in [6.45, 7) is 4.68. The van der Waals surface area contributed by atoms with Crippen LogP contribution < -0.4 is 10.3 Å². The molecule has 0 radical (unpaired) electrons. The number of methoxy groups -OCH3 is 1. The van der Waals surface area contributed by atoms with E-state index in [1.54, 1.807) is 13.3 Å². The van der Waals surface area contributed by atoms with E-state index in [4.69, 9.17) is 9.47 Å². The first-order valence-electron chi connectivity index (χ1n) is 6.31. The number of fused-ring (bicyclic) bond motifs is 1. The van der Waals surface area contributed by atoms with Gasteiger partial charge < -0.3 is 9.47 Å². The number of rotatable bonds is 5. The molecule has 0 N–H and O–H groups in total. The monoisotopic (exact) mass is 262 g/mol. The molecule has 2 aromatic heterocycles. The first-order chi connectivity index (χ1) is 9.17. The van der Waals surface area contributed by atoms with Crippen LogP contribution in [0.15, 0.2) is 23.1 Å². The van der Waals surface area contributed by atoms with Crippen molar-refractivity contribution in [2.24, 2.45) is 0 Å². The fourth-order valence-electron chi connectivity index (χ4n) is 1.89. The van der Waals surface area contributed by atoms with Crippen molar-refractivity contribution in [1.29, 1.82) is 0 Å². The van der Waals surface area contributed by atoms with Gasteiger partial charge in [-0.05, 0) is 25.0 Å². The minimum absolute atomic E-state index is 0.165.